The van der Waals surface area contributed by atoms with Crippen LogP contribution in [0.15, 0.2) is 30.5 Å². The molecular weight excluding hydrogens is 378 g/mol. The Bertz CT molecular complexity index is 914. The summed E-state index contributed by atoms with van der Waals surface area (Å²) in [5.74, 6) is 1.34. The molecular formula is C19H21N5O5. The highest BCUT2D eigenvalue weighted by atomic mass is 16.7. The second-order valence-electron chi connectivity index (χ2n) is 6.44. The molecule has 2 aromatic rings. The summed E-state index contributed by atoms with van der Waals surface area (Å²) in [5, 5.41) is 2.80. The molecule has 0 atom stereocenters. The van der Waals surface area contributed by atoms with Crippen molar-refractivity contribution >= 4 is 23.6 Å². The first-order valence-corrected chi connectivity index (χ1v) is 9.34. The third-order valence-electron chi connectivity index (χ3n) is 4.59. The number of aromatic nitrogens is 2. The average Bonchev–Trinajstić information content (AvgIpc) is 3.22. The van der Waals surface area contributed by atoms with E-state index in [2.05, 4.69) is 15.3 Å². The maximum Gasteiger partial charge on any atom is 0.409 e. The molecule has 0 radical (unpaired) electrons. The van der Waals surface area contributed by atoms with Crippen molar-refractivity contribution in [3.63, 3.8) is 0 Å². The number of rotatable bonds is 4. The van der Waals surface area contributed by atoms with Gasteiger partial charge < -0.3 is 29.3 Å². The van der Waals surface area contributed by atoms with Crippen LogP contribution in [0.2, 0.25) is 0 Å². The molecule has 152 valence electrons. The number of carbonyl (C=O) groups excluding carboxylic acids is 2. The highest BCUT2D eigenvalue weighted by molar-refractivity contribution is 6.03. The molecule has 0 aliphatic carbocycles. The minimum absolute atomic E-state index is 0.172. The Balaban J connectivity index is 1.40. The van der Waals surface area contributed by atoms with Gasteiger partial charge in [0.2, 0.25) is 12.7 Å². The van der Waals surface area contributed by atoms with Crippen LogP contribution in [-0.4, -0.2) is 66.4 Å². The number of hydrogen-bond acceptors (Lipinski definition) is 8. The number of hydrogen-bond donors (Lipinski definition) is 1. The summed E-state index contributed by atoms with van der Waals surface area (Å²) in [6.45, 7) is 4.44. The number of amides is 2. The van der Waals surface area contributed by atoms with Crippen molar-refractivity contribution in [3.05, 3.63) is 36.2 Å². The van der Waals surface area contributed by atoms with Gasteiger partial charge in [0.05, 0.1) is 6.61 Å². The van der Waals surface area contributed by atoms with Crippen molar-refractivity contribution in [2.45, 2.75) is 6.92 Å². The number of nitrogens with one attached hydrogen (secondary N) is 1. The average molecular weight is 399 g/mol. The Morgan fingerprint density at radius 1 is 1.14 bits per heavy atom. The molecule has 1 aromatic carbocycles. The van der Waals surface area contributed by atoms with E-state index >= 15 is 0 Å². The molecule has 1 N–H and O–H groups in total. The zero-order valence-corrected chi connectivity index (χ0v) is 16.0. The molecule has 2 amide bonds. The van der Waals surface area contributed by atoms with Gasteiger partial charge in [-0.05, 0) is 25.1 Å². The lowest BCUT2D eigenvalue weighted by Gasteiger charge is -2.34. The van der Waals surface area contributed by atoms with Crippen LogP contribution in [0.3, 0.4) is 0 Å². The first-order chi connectivity index (χ1) is 14.1. The van der Waals surface area contributed by atoms with Gasteiger partial charge >= 0.3 is 6.09 Å². The maximum absolute atomic E-state index is 12.6. The Morgan fingerprint density at radius 2 is 1.93 bits per heavy atom. The van der Waals surface area contributed by atoms with Crippen molar-refractivity contribution in [2.24, 2.45) is 0 Å². The molecule has 1 fully saturated rings. The van der Waals surface area contributed by atoms with Crippen LogP contribution in [0.25, 0.3) is 0 Å². The number of ether oxygens (including phenoxy) is 3. The number of carbonyl (C=O) groups is 2. The van der Waals surface area contributed by atoms with Gasteiger partial charge in [-0.15, -0.1) is 0 Å². The molecule has 10 heteroatoms. The first kappa shape index (κ1) is 18.8. The third kappa shape index (κ3) is 4.15. The summed E-state index contributed by atoms with van der Waals surface area (Å²) in [6, 6.07) is 6.74. The van der Waals surface area contributed by atoms with E-state index in [0.29, 0.717) is 55.9 Å². The van der Waals surface area contributed by atoms with E-state index in [1.807, 2.05) is 4.90 Å². The molecule has 1 aromatic heterocycles. The monoisotopic (exact) mass is 399 g/mol. The fourth-order valence-electron chi connectivity index (χ4n) is 3.10. The van der Waals surface area contributed by atoms with Crippen molar-refractivity contribution < 1.29 is 23.8 Å². The smallest absolute Gasteiger partial charge is 0.409 e. The SMILES string of the molecule is CCOC(=O)N1CCN(c2nccc(C(=O)Nc3ccc4c(c3)OCO4)n2)CC1. The second kappa shape index (κ2) is 8.21. The molecule has 2 aliphatic rings. The zero-order chi connectivity index (χ0) is 20.2. The molecule has 0 saturated carbocycles. The Morgan fingerprint density at radius 3 is 2.72 bits per heavy atom. The number of piperazine rings is 1. The zero-order valence-electron chi connectivity index (χ0n) is 16.0. The van der Waals surface area contributed by atoms with Gasteiger partial charge in [-0.1, -0.05) is 0 Å². The number of anilines is 2. The van der Waals surface area contributed by atoms with E-state index in [4.69, 9.17) is 14.2 Å². The summed E-state index contributed by atoms with van der Waals surface area (Å²) in [5.41, 5.74) is 0.836. The molecule has 2 aliphatic heterocycles. The summed E-state index contributed by atoms with van der Waals surface area (Å²) in [4.78, 5) is 36.7. The van der Waals surface area contributed by atoms with Crippen LogP contribution in [-0.2, 0) is 4.74 Å². The second-order valence-corrected chi connectivity index (χ2v) is 6.44. The van der Waals surface area contributed by atoms with Crippen LogP contribution < -0.4 is 19.7 Å². The van der Waals surface area contributed by atoms with E-state index in [-0.39, 0.29) is 24.5 Å². The van der Waals surface area contributed by atoms with Crippen LogP contribution in [0.5, 0.6) is 11.5 Å². The Kier molecular flexibility index (Phi) is 5.32. The fraction of sp³-hybridized carbons (Fsp3) is 0.368. The molecule has 0 unspecified atom stereocenters. The summed E-state index contributed by atoms with van der Waals surface area (Å²) in [7, 11) is 0. The highest BCUT2D eigenvalue weighted by Gasteiger charge is 2.24. The lowest BCUT2D eigenvalue weighted by atomic mass is 10.2. The van der Waals surface area contributed by atoms with Crippen LogP contribution in [0.4, 0.5) is 16.4 Å². The van der Waals surface area contributed by atoms with Gasteiger partial charge in [-0.2, -0.15) is 0 Å². The standard InChI is InChI=1S/C19H21N5O5/c1-2-27-19(26)24-9-7-23(8-10-24)18-20-6-5-14(22-18)17(25)21-13-3-4-15-16(11-13)29-12-28-15/h3-6,11H,2,7-10,12H2,1H3,(H,21,25). The van der Waals surface area contributed by atoms with Crippen molar-refractivity contribution in [1.29, 1.82) is 0 Å². The quantitative estimate of drug-likeness (QED) is 0.829. The summed E-state index contributed by atoms with van der Waals surface area (Å²) >= 11 is 0. The predicted molar refractivity (Wildman–Crippen MR) is 103 cm³/mol. The molecule has 1 saturated heterocycles. The van der Waals surface area contributed by atoms with Crippen molar-refractivity contribution in [3.8, 4) is 11.5 Å². The van der Waals surface area contributed by atoms with Gasteiger partial charge in [0.1, 0.15) is 5.69 Å². The van der Waals surface area contributed by atoms with Gasteiger partial charge in [0, 0.05) is 44.1 Å². The largest absolute Gasteiger partial charge is 0.454 e. The van der Waals surface area contributed by atoms with Gasteiger partial charge in [-0.25, -0.2) is 14.8 Å². The van der Waals surface area contributed by atoms with Crippen molar-refractivity contribution in [1.82, 2.24) is 14.9 Å². The first-order valence-electron chi connectivity index (χ1n) is 9.34. The minimum atomic E-state index is -0.349. The molecule has 10 nitrogen and oxygen atoms in total. The van der Waals surface area contributed by atoms with E-state index in [9.17, 15) is 9.59 Å². The maximum atomic E-state index is 12.6. The van der Waals surface area contributed by atoms with Crippen molar-refractivity contribution in [2.75, 3.05) is 49.8 Å². The third-order valence-corrected chi connectivity index (χ3v) is 4.59. The molecule has 0 bridgehead atoms. The normalized spacial score (nSPS) is 15.2. The molecule has 0 spiro atoms. The van der Waals surface area contributed by atoms with E-state index in [1.54, 1.807) is 42.3 Å². The topological polar surface area (TPSA) is 106 Å². The molecule has 29 heavy (non-hydrogen) atoms. The Labute approximate surface area is 167 Å². The Hall–Kier alpha value is -3.56. The van der Waals surface area contributed by atoms with E-state index in [1.165, 1.54) is 0 Å². The minimum Gasteiger partial charge on any atom is -0.454 e. The number of benzene rings is 1. The molecule has 4 rings (SSSR count). The fourth-order valence-corrected chi connectivity index (χ4v) is 3.10. The highest BCUT2D eigenvalue weighted by Crippen LogP contribution is 2.34. The van der Waals surface area contributed by atoms with Gasteiger partial charge in [0.25, 0.3) is 5.91 Å². The van der Waals surface area contributed by atoms with Crippen LogP contribution >= 0.6 is 0 Å². The van der Waals surface area contributed by atoms with E-state index in [0.717, 1.165) is 0 Å². The van der Waals surface area contributed by atoms with Crippen LogP contribution in [0.1, 0.15) is 17.4 Å². The predicted octanol–water partition coefficient (Wildman–Crippen LogP) is 1.74. The van der Waals surface area contributed by atoms with Gasteiger partial charge in [0.15, 0.2) is 11.5 Å². The lowest BCUT2D eigenvalue weighted by molar-refractivity contribution is 0.102. The lowest BCUT2D eigenvalue weighted by Crippen LogP contribution is -2.49. The number of nitrogens with zero attached hydrogens (tertiary/aromatic N) is 4. The molecule has 3 heterocycles. The van der Waals surface area contributed by atoms with E-state index < -0.39 is 0 Å². The number of fused-ring (bicyclic) bond motifs is 1. The van der Waals surface area contributed by atoms with Crippen LogP contribution in [0, 0.1) is 0 Å². The summed E-state index contributed by atoms with van der Waals surface area (Å²) < 4.78 is 15.6. The summed E-state index contributed by atoms with van der Waals surface area (Å²) in [6.07, 6.45) is 1.24. The van der Waals surface area contributed by atoms with Gasteiger partial charge in [-0.3, -0.25) is 4.79 Å².